The van der Waals surface area contributed by atoms with E-state index in [-0.39, 0.29) is 5.91 Å². The lowest BCUT2D eigenvalue weighted by molar-refractivity contribution is -0.116. The maximum absolute atomic E-state index is 12.1. The molecule has 0 bridgehead atoms. The van der Waals surface area contributed by atoms with Gasteiger partial charge in [0.2, 0.25) is 5.91 Å². The van der Waals surface area contributed by atoms with Crippen molar-refractivity contribution in [3.8, 4) is 0 Å². The molecule has 0 heterocycles. The molecule has 1 atom stereocenters. The molecule has 1 amide bonds. The highest BCUT2D eigenvalue weighted by Crippen LogP contribution is 2.27. The first kappa shape index (κ1) is 14.1. The second-order valence-electron chi connectivity index (χ2n) is 4.25. The Kier molecular flexibility index (Phi) is 4.61. The van der Waals surface area contributed by atoms with Gasteiger partial charge < -0.3 is 5.32 Å². The van der Waals surface area contributed by atoms with E-state index in [0.717, 1.165) is 21.3 Å². The van der Waals surface area contributed by atoms with Gasteiger partial charge in [0.15, 0.2) is 0 Å². The first-order valence-corrected chi connectivity index (χ1v) is 7.07. The zero-order chi connectivity index (χ0) is 13.8. The Morgan fingerprint density at radius 3 is 2.53 bits per heavy atom. The van der Waals surface area contributed by atoms with Crippen molar-refractivity contribution in [3.63, 3.8) is 0 Å². The van der Waals surface area contributed by atoms with E-state index in [4.69, 9.17) is 11.6 Å². The molecule has 2 nitrogen and oxygen atoms in total. The summed E-state index contributed by atoms with van der Waals surface area (Å²) in [7, 11) is 0. The summed E-state index contributed by atoms with van der Waals surface area (Å²) in [5.74, 6) is -0.239. The van der Waals surface area contributed by atoms with Crippen LogP contribution in [-0.4, -0.2) is 5.91 Å². The van der Waals surface area contributed by atoms with E-state index in [2.05, 4.69) is 21.2 Å². The number of anilines is 1. The van der Waals surface area contributed by atoms with Crippen molar-refractivity contribution in [2.45, 2.75) is 12.3 Å². The van der Waals surface area contributed by atoms with Gasteiger partial charge >= 0.3 is 0 Å². The quantitative estimate of drug-likeness (QED) is 0.809. The first-order chi connectivity index (χ1) is 9.08. The highest BCUT2D eigenvalue weighted by atomic mass is 79.9. The molecule has 0 aromatic heterocycles. The Bertz CT molecular complexity index is 586. The monoisotopic (exact) mass is 337 g/mol. The van der Waals surface area contributed by atoms with E-state index in [9.17, 15) is 4.79 Å². The number of carbonyl (C=O) groups excluding carboxylic acids is 1. The summed E-state index contributed by atoms with van der Waals surface area (Å²) in [6.45, 7) is 1.99. The summed E-state index contributed by atoms with van der Waals surface area (Å²) in [5.41, 5.74) is 2.62. The molecule has 0 aliphatic carbocycles. The van der Waals surface area contributed by atoms with E-state index in [1.165, 1.54) is 0 Å². The van der Waals surface area contributed by atoms with Gasteiger partial charge in [-0.15, -0.1) is 11.6 Å². The smallest absolute Gasteiger partial charge is 0.247 e. The van der Waals surface area contributed by atoms with Crippen LogP contribution in [0.2, 0.25) is 0 Å². The van der Waals surface area contributed by atoms with Crippen LogP contribution in [0.25, 0.3) is 0 Å². The molecule has 0 saturated heterocycles. The fourth-order valence-electron chi connectivity index (χ4n) is 1.69. The van der Waals surface area contributed by atoms with Gasteiger partial charge in [0.25, 0.3) is 0 Å². The van der Waals surface area contributed by atoms with Gasteiger partial charge in [0.1, 0.15) is 5.38 Å². The van der Waals surface area contributed by atoms with Gasteiger partial charge in [-0.25, -0.2) is 0 Å². The summed E-state index contributed by atoms with van der Waals surface area (Å²) in [6, 6.07) is 15.0. The summed E-state index contributed by atoms with van der Waals surface area (Å²) in [5, 5.41) is 2.12. The minimum atomic E-state index is -0.700. The van der Waals surface area contributed by atoms with E-state index >= 15 is 0 Å². The number of hydrogen-bond donors (Lipinski definition) is 1. The topological polar surface area (TPSA) is 29.1 Å². The number of hydrogen-bond acceptors (Lipinski definition) is 1. The molecule has 0 radical (unpaired) electrons. The lowest BCUT2D eigenvalue weighted by Gasteiger charge is -2.12. The molecule has 2 rings (SSSR count). The number of benzene rings is 2. The van der Waals surface area contributed by atoms with Crippen LogP contribution in [0.4, 0.5) is 5.69 Å². The lowest BCUT2D eigenvalue weighted by atomic mass is 10.1. The highest BCUT2D eigenvalue weighted by Gasteiger charge is 2.18. The molecule has 2 aromatic carbocycles. The van der Waals surface area contributed by atoms with Crippen molar-refractivity contribution >= 4 is 39.1 Å². The molecule has 0 spiro atoms. The van der Waals surface area contributed by atoms with Gasteiger partial charge in [-0.05, 0) is 46.1 Å². The van der Waals surface area contributed by atoms with Crippen LogP contribution in [0.3, 0.4) is 0 Å². The molecule has 19 heavy (non-hydrogen) atoms. The summed E-state index contributed by atoms with van der Waals surface area (Å²) < 4.78 is 0.845. The lowest BCUT2D eigenvalue weighted by Crippen LogP contribution is -2.17. The van der Waals surface area contributed by atoms with Crippen LogP contribution in [0.1, 0.15) is 16.5 Å². The van der Waals surface area contributed by atoms with E-state index < -0.39 is 5.38 Å². The molecular formula is C15H13BrClNO. The van der Waals surface area contributed by atoms with Gasteiger partial charge in [0, 0.05) is 4.47 Å². The third-order valence-corrected chi connectivity index (χ3v) is 3.81. The van der Waals surface area contributed by atoms with Crippen molar-refractivity contribution < 1.29 is 4.79 Å². The van der Waals surface area contributed by atoms with E-state index in [1.807, 2.05) is 55.5 Å². The maximum Gasteiger partial charge on any atom is 0.247 e. The Morgan fingerprint density at radius 2 is 1.89 bits per heavy atom. The standard InChI is InChI=1S/C15H13BrClNO/c1-10-7-8-13(12(16)9-10)18-15(19)14(17)11-5-3-2-4-6-11/h2-9,14H,1H3,(H,18,19). The maximum atomic E-state index is 12.1. The molecule has 1 N–H and O–H groups in total. The second kappa shape index (κ2) is 6.22. The number of amides is 1. The third-order valence-electron chi connectivity index (χ3n) is 2.70. The van der Waals surface area contributed by atoms with Gasteiger partial charge in [-0.2, -0.15) is 0 Å². The number of nitrogens with one attached hydrogen (secondary N) is 1. The minimum Gasteiger partial charge on any atom is -0.323 e. The average molecular weight is 339 g/mol. The van der Waals surface area contributed by atoms with E-state index in [1.54, 1.807) is 0 Å². The average Bonchev–Trinajstić information content (AvgIpc) is 2.42. The van der Waals surface area contributed by atoms with Crippen molar-refractivity contribution in [2.75, 3.05) is 5.32 Å². The zero-order valence-electron chi connectivity index (χ0n) is 10.4. The van der Waals surface area contributed by atoms with E-state index in [0.29, 0.717) is 0 Å². The molecule has 0 aliphatic rings. The molecular weight excluding hydrogens is 326 g/mol. The fourth-order valence-corrected chi connectivity index (χ4v) is 2.48. The van der Waals surface area contributed by atoms with Crippen molar-refractivity contribution in [2.24, 2.45) is 0 Å². The summed E-state index contributed by atoms with van der Waals surface area (Å²) >= 11 is 9.59. The SMILES string of the molecule is Cc1ccc(NC(=O)C(Cl)c2ccccc2)c(Br)c1. The van der Waals surface area contributed by atoms with Crippen LogP contribution in [0.5, 0.6) is 0 Å². The molecule has 0 fully saturated rings. The summed E-state index contributed by atoms with van der Waals surface area (Å²) in [6.07, 6.45) is 0. The number of alkyl halides is 1. The number of aryl methyl sites for hydroxylation is 1. The number of rotatable bonds is 3. The third kappa shape index (κ3) is 3.58. The minimum absolute atomic E-state index is 0.239. The molecule has 4 heteroatoms. The van der Waals surface area contributed by atoms with Gasteiger partial charge in [-0.3, -0.25) is 4.79 Å². The van der Waals surface area contributed by atoms with Crippen LogP contribution < -0.4 is 5.32 Å². The molecule has 0 aliphatic heterocycles. The van der Waals surface area contributed by atoms with Gasteiger partial charge in [0.05, 0.1) is 5.69 Å². The fraction of sp³-hybridized carbons (Fsp3) is 0.133. The molecule has 1 unspecified atom stereocenters. The summed E-state index contributed by atoms with van der Waals surface area (Å²) in [4.78, 5) is 12.1. The Morgan fingerprint density at radius 1 is 1.21 bits per heavy atom. The first-order valence-electron chi connectivity index (χ1n) is 5.84. The van der Waals surface area contributed by atoms with Crippen LogP contribution in [0, 0.1) is 6.92 Å². The highest BCUT2D eigenvalue weighted by molar-refractivity contribution is 9.10. The van der Waals surface area contributed by atoms with Crippen LogP contribution in [-0.2, 0) is 4.79 Å². The van der Waals surface area contributed by atoms with Crippen molar-refractivity contribution in [3.05, 3.63) is 64.1 Å². The Balaban J connectivity index is 2.13. The van der Waals surface area contributed by atoms with Crippen LogP contribution >= 0.6 is 27.5 Å². The zero-order valence-corrected chi connectivity index (χ0v) is 12.7. The predicted molar refractivity (Wildman–Crippen MR) is 82.5 cm³/mol. The largest absolute Gasteiger partial charge is 0.323 e. The second-order valence-corrected chi connectivity index (χ2v) is 5.54. The number of carbonyl (C=O) groups is 1. The molecule has 0 saturated carbocycles. The Hall–Kier alpha value is -1.32. The Labute approximate surface area is 125 Å². The van der Waals surface area contributed by atoms with Gasteiger partial charge in [-0.1, -0.05) is 36.4 Å². The van der Waals surface area contributed by atoms with Crippen molar-refractivity contribution in [1.29, 1.82) is 0 Å². The normalized spacial score (nSPS) is 11.9. The van der Waals surface area contributed by atoms with Crippen LogP contribution in [0.15, 0.2) is 53.0 Å². The van der Waals surface area contributed by atoms with Crippen molar-refractivity contribution in [1.82, 2.24) is 0 Å². The predicted octanol–water partition coefficient (Wildman–Crippen LogP) is 4.68. The number of halogens is 2. The molecule has 2 aromatic rings. The molecule has 98 valence electrons.